The minimum Gasteiger partial charge on any atom is -0.312 e. The molecule has 1 nitrogen and oxygen atoms in total. The maximum atomic E-state index is 3.61. The Bertz CT molecular complexity index is 351. The Balaban J connectivity index is 1.77. The van der Waals surface area contributed by atoms with Crippen LogP contribution in [-0.4, -0.2) is 6.54 Å². The number of hydrogen-bond acceptors (Lipinski definition) is 1. The molecule has 0 aliphatic heterocycles. The number of halogens is 1. The Morgan fingerprint density at radius 2 is 2.00 bits per heavy atom. The maximum absolute atomic E-state index is 3.61. The van der Waals surface area contributed by atoms with Crippen LogP contribution in [0.1, 0.15) is 38.2 Å². The van der Waals surface area contributed by atoms with Gasteiger partial charge in [-0.3, -0.25) is 0 Å². The van der Waals surface area contributed by atoms with E-state index in [1.54, 1.807) is 0 Å². The van der Waals surface area contributed by atoms with Crippen molar-refractivity contribution in [3.05, 3.63) is 34.3 Å². The third-order valence-corrected chi connectivity index (χ3v) is 4.74. The lowest BCUT2D eigenvalue weighted by atomic mass is 9.80. The van der Waals surface area contributed by atoms with Crippen molar-refractivity contribution in [2.75, 3.05) is 6.54 Å². The average Bonchev–Trinajstić information content (AvgIpc) is 2.34. The van der Waals surface area contributed by atoms with Crippen molar-refractivity contribution in [1.29, 1.82) is 0 Å². The molecule has 2 rings (SSSR count). The summed E-state index contributed by atoms with van der Waals surface area (Å²) in [4.78, 5) is 0. The highest BCUT2D eigenvalue weighted by Crippen LogP contribution is 2.29. The Kier molecular flexibility index (Phi) is 5.05. The fraction of sp³-hybridized carbons (Fsp3) is 0.600. The van der Waals surface area contributed by atoms with Gasteiger partial charge in [-0.15, -0.1) is 0 Å². The molecule has 0 radical (unpaired) electrons. The first kappa shape index (κ1) is 13.1. The summed E-state index contributed by atoms with van der Waals surface area (Å²) in [5, 5.41) is 3.61. The van der Waals surface area contributed by atoms with Gasteiger partial charge in [0.05, 0.1) is 0 Å². The smallest absolute Gasteiger partial charge is 0.0220 e. The van der Waals surface area contributed by atoms with Crippen molar-refractivity contribution in [1.82, 2.24) is 5.32 Å². The highest BCUT2D eigenvalue weighted by atomic mass is 79.9. The average molecular weight is 296 g/mol. The second-order valence-corrected chi connectivity index (χ2v) is 6.10. The highest BCUT2D eigenvalue weighted by molar-refractivity contribution is 9.10. The topological polar surface area (TPSA) is 12.0 Å². The maximum Gasteiger partial charge on any atom is 0.0220 e. The molecule has 0 bridgehead atoms. The molecular weight excluding hydrogens is 274 g/mol. The molecule has 0 saturated heterocycles. The molecular formula is C15H22BrN. The van der Waals surface area contributed by atoms with Crippen LogP contribution in [0, 0.1) is 11.8 Å². The molecule has 1 aliphatic carbocycles. The van der Waals surface area contributed by atoms with Gasteiger partial charge < -0.3 is 5.32 Å². The zero-order valence-corrected chi connectivity index (χ0v) is 12.2. The fourth-order valence-corrected chi connectivity index (χ4v) is 3.16. The van der Waals surface area contributed by atoms with Gasteiger partial charge in [-0.05, 0) is 36.4 Å². The van der Waals surface area contributed by atoms with E-state index in [2.05, 4.69) is 52.4 Å². The first-order chi connectivity index (χ1) is 8.27. The van der Waals surface area contributed by atoms with Crippen molar-refractivity contribution in [3.8, 4) is 0 Å². The molecule has 0 amide bonds. The van der Waals surface area contributed by atoms with Crippen molar-refractivity contribution >= 4 is 15.9 Å². The first-order valence-electron chi connectivity index (χ1n) is 6.71. The molecule has 1 N–H and O–H groups in total. The molecule has 2 heteroatoms. The normalized spacial score (nSPS) is 24.8. The van der Waals surface area contributed by atoms with E-state index in [9.17, 15) is 0 Å². The van der Waals surface area contributed by atoms with Crippen LogP contribution in [0.3, 0.4) is 0 Å². The summed E-state index contributed by atoms with van der Waals surface area (Å²) >= 11 is 3.59. The molecule has 2 unspecified atom stereocenters. The monoisotopic (exact) mass is 295 g/mol. The molecule has 94 valence electrons. The number of rotatable bonds is 4. The van der Waals surface area contributed by atoms with Crippen LogP contribution in [-0.2, 0) is 6.54 Å². The van der Waals surface area contributed by atoms with Gasteiger partial charge in [-0.25, -0.2) is 0 Å². The van der Waals surface area contributed by atoms with Crippen molar-refractivity contribution in [2.45, 2.75) is 39.2 Å². The second-order valence-electron chi connectivity index (χ2n) is 5.24. The van der Waals surface area contributed by atoms with Crippen LogP contribution in [0.4, 0.5) is 0 Å². The molecule has 0 spiro atoms. The van der Waals surface area contributed by atoms with Gasteiger partial charge in [-0.1, -0.05) is 60.3 Å². The van der Waals surface area contributed by atoms with E-state index < -0.39 is 0 Å². The molecule has 1 aromatic rings. The molecule has 1 aromatic carbocycles. The van der Waals surface area contributed by atoms with E-state index in [-0.39, 0.29) is 0 Å². The molecule has 1 fully saturated rings. The van der Waals surface area contributed by atoms with Crippen LogP contribution in [0.5, 0.6) is 0 Å². The summed E-state index contributed by atoms with van der Waals surface area (Å²) in [5.41, 5.74) is 1.36. The first-order valence-corrected chi connectivity index (χ1v) is 7.51. The summed E-state index contributed by atoms with van der Waals surface area (Å²) in [6, 6.07) is 8.46. The third-order valence-electron chi connectivity index (χ3n) is 3.97. The SMILES string of the molecule is CC1CCCCC1CNCc1ccccc1Br. The molecule has 0 heterocycles. The van der Waals surface area contributed by atoms with E-state index in [4.69, 9.17) is 0 Å². The molecule has 0 aromatic heterocycles. The van der Waals surface area contributed by atoms with Gasteiger partial charge in [0.15, 0.2) is 0 Å². The Morgan fingerprint density at radius 3 is 2.76 bits per heavy atom. The highest BCUT2D eigenvalue weighted by Gasteiger charge is 2.20. The lowest BCUT2D eigenvalue weighted by Crippen LogP contribution is -2.29. The van der Waals surface area contributed by atoms with Gasteiger partial charge in [0.25, 0.3) is 0 Å². The van der Waals surface area contributed by atoms with Crippen LogP contribution >= 0.6 is 15.9 Å². The fourth-order valence-electron chi connectivity index (χ4n) is 2.73. The summed E-state index contributed by atoms with van der Waals surface area (Å²) in [5.74, 6) is 1.78. The van der Waals surface area contributed by atoms with Crippen LogP contribution < -0.4 is 5.32 Å². The predicted octanol–water partition coefficient (Wildman–Crippen LogP) is 4.37. The Hall–Kier alpha value is -0.340. The standard InChI is InChI=1S/C15H22BrN/c1-12-6-2-3-7-13(12)10-17-11-14-8-4-5-9-15(14)16/h4-5,8-9,12-13,17H,2-3,6-7,10-11H2,1H3. The van der Waals surface area contributed by atoms with Crippen LogP contribution in [0.2, 0.25) is 0 Å². The number of benzene rings is 1. The van der Waals surface area contributed by atoms with E-state index >= 15 is 0 Å². The summed E-state index contributed by atoms with van der Waals surface area (Å²) in [6.45, 7) is 4.55. The minimum atomic E-state index is 0.881. The zero-order chi connectivity index (χ0) is 12.1. The Morgan fingerprint density at radius 1 is 1.24 bits per heavy atom. The summed E-state index contributed by atoms with van der Waals surface area (Å²) in [6.07, 6.45) is 5.68. The van der Waals surface area contributed by atoms with Crippen LogP contribution in [0.25, 0.3) is 0 Å². The molecule has 1 saturated carbocycles. The van der Waals surface area contributed by atoms with E-state index in [0.29, 0.717) is 0 Å². The summed E-state index contributed by atoms with van der Waals surface area (Å²) in [7, 11) is 0. The van der Waals surface area contributed by atoms with Crippen molar-refractivity contribution in [2.24, 2.45) is 11.8 Å². The second kappa shape index (κ2) is 6.55. The minimum absolute atomic E-state index is 0.881. The Labute approximate surface area is 113 Å². The largest absolute Gasteiger partial charge is 0.312 e. The summed E-state index contributed by atoms with van der Waals surface area (Å²) < 4.78 is 1.21. The third kappa shape index (κ3) is 3.82. The van der Waals surface area contributed by atoms with Gasteiger partial charge in [-0.2, -0.15) is 0 Å². The predicted molar refractivity (Wildman–Crippen MR) is 77.0 cm³/mol. The number of hydrogen-bond donors (Lipinski definition) is 1. The molecule has 1 aliphatic rings. The quantitative estimate of drug-likeness (QED) is 0.870. The number of nitrogens with one attached hydrogen (secondary N) is 1. The lowest BCUT2D eigenvalue weighted by Gasteiger charge is -2.29. The van der Waals surface area contributed by atoms with E-state index in [1.807, 2.05) is 0 Å². The van der Waals surface area contributed by atoms with E-state index in [0.717, 1.165) is 18.4 Å². The van der Waals surface area contributed by atoms with Gasteiger partial charge >= 0.3 is 0 Å². The van der Waals surface area contributed by atoms with Gasteiger partial charge in [0.1, 0.15) is 0 Å². The van der Waals surface area contributed by atoms with Crippen molar-refractivity contribution < 1.29 is 0 Å². The molecule has 17 heavy (non-hydrogen) atoms. The zero-order valence-electron chi connectivity index (χ0n) is 10.6. The van der Waals surface area contributed by atoms with Crippen LogP contribution in [0.15, 0.2) is 28.7 Å². The van der Waals surface area contributed by atoms with Gasteiger partial charge in [0.2, 0.25) is 0 Å². The van der Waals surface area contributed by atoms with E-state index in [1.165, 1.54) is 42.3 Å². The van der Waals surface area contributed by atoms with Crippen molar-refractivity contribution in [3.63, 3.8) is 0 Å². The molecule has 2 atom stereocenters. The lowest BCUT2D eigenvalue weighted by molar-refractivity contribution is 0.247. The van der Waals surface area contributed by atoms with Gasteiger partial charge in [0, 0.05) is 11.0 Å².